The Morgan fingerprint density at radius 1 is 1.29 bits per heavy atom. The molecule has 3 aliphatic heterocycles. The van der Waals surface area contributed by atoms with Gasteiger partial charge in [-0.15, -0.1) is 0 Å². The van der Waals surface area contributed by atoms with Crippen molar-refractivity contribution in [2.45, 2.75) is 6.42 Å². The van der Waals surface area contributed by atoms with Crippen molar-refractivity contribution in [3.63, 3.8) is 0 Å². The van der Waals surface area contributed by atoms with Gasteiger partial charge in [-0.2, -0.15) is 0 Å². The van der Waals surface area contributed by atoms with Gasteiger partial charge in [-0.05, 0) is 43.3 Å². The molecule has 0 spiro atoms. The Labute approximate surface area is 202 Å². The van der Waals surface area contributed by atoms with Gasteiger partial charge >= 0.3 is 0 Å². The first-order valence-electron chi connectivity index (χ1n) is 11.2. The van der Waals surface area contributed by atoms with Crippen LogP contribution in [-0.2, 0) is 4.79 Å². The van der Waals surface area contributed by atoms with Crippen molar-refractivity contribution in [2.75, 3.05) is 51.8 Å². The largest absolute Gasteiger partial charge is 0.493 e. The van der Waals surface area contributed by atoms with E-state index in [2.05, 4.69) is 23.3 Å². The number of carbonyl (C=O) groups excluding carboxylic acids is 2. The number of likely N-dealkylation sites (N-methyl/N-ethyl adjacent to an activating group) is 1. The van der Waals surface area contributed by atoms with Crippen molar-refractivity contribution in [3.05, 3.63) is 58.4 Å². The van der Waals surface area contributed by atoms with Crippen LogP contribution in [0.5, 0.6) is 11.5 Å². The van der Waals surface area contributed by atoms with Crippen LogP contribution in [0.3, 0.4) is 0 Å². The summed E-state index contributed by atoms with van der Waals surface area (Å²) >= 11 is 6.24. The summed E-state index contributed by atoms with van der Waals surface area (Å²) in [5.74, 6) is -0.278. The van der Waals surface area contributed by atoms with Crippen molar-refractivity contribution in [1.29, 1.82) is 0 Å². The number of anilines is 1. The predicted octanol–water partition coefficient (Wildman–Crippen LogP) is 3.68. The minimum absolute atomic E-state index is 0.0851. The number of hydrogen-bond acceptors (Lipinski definition) is 5. The molecule has 1 saturated heterocycles. The van der Waals surface area contributed by atoms with E-state index >= 15 is 0 Å². The number of nitrogens with zero attached hydrogens (tertiary/aromatic N) is 2. The summed E-state index contributed by atoms with van der Waals surface area (Å²) in [5, 5.41) is 3.27. The normalized spacial score (nSPS) is 18.4. The maximum atomic E-state index is 14.5. The smallest absolute Gasteiger partial charge is 0.262 e. The number of halogens is 2. The van der Waals surface area contributed by atoms with Crippen LogP contribution in [0, 0.1) is 11.7 Å². The van der Waals surface area contributed by atoms with Crippen LogP contribution in [0.25, 0.3) is 5.57 Å². The second-order valence-corrected chi connectivity index (χ2v) is 9.37. The lowest BCUT2D eigenvalue weighted by Gasteiger charge is -2.39. The summed E-state index contributed by atoms with van der Waals surface area (Å²) in [6, 6.07) is 8.11. The second kappa shape index (κ2) is 9.27. The Balaban J connectivity index is 1.21. The minimum atomic E-state index is -0.670. The van der Waals surface area contributed by atoms with Gasteiger partial charge in [0.05, 0.1) is 17.9 Å². The second-order valence-electron chi connectivity index (χ2n) is 8.93. The first kappa shape index (κ1) is 22.7. The third-order valence-corrected chi connectivity index (χ3v) is 6.59. The topological polar surface area (TPSA) is 71.1 Å². The molecule has 0 atom stereocenters. The van der Waals surface area contributed by atoms with Crippen molar-refractivity contribution in [2.24, 2.45) is 5.92 Å². The molecule has 2 amide bonds. The zero-order valence-electron chi connectivity index (χ0n) is 18.8. The summed E-state index contributed by atoms with van der Waals surface area (Å²) in [4.78, 5) is 28.2. The fourth-order valence-electron chi connectivity index (χ4n) is 4.38. The van der Waals surface area contributed by atoms with Gasteiger partial charge in [-0.1, -0.05) is 17.7 Å². The van der Waals surface area contributed by atoms with Crippen LogP contribution in [-0.4, -0.2) is 68.1 Å². The average molecular weight is 486 g/mol. The van der Waals surface area contributed by atoms with Crippen LogP contribution in [0.15, 0.2) is 36.4 Å². The van der Waals surface area contributed by atoms with Gasteiger partial charge in [0.2, 0.25) is 0 Å². The van der Waals surface area contributed by atoms with Gasteiger partial charge in [0, 0.05) is 48.7 Å². The molecule has 5 rings (SSSR count). The van der Waals surface area contributed by atoms with Crippen LogP contribution in [0.2, 0.25) is 5.02 Å². The third-order valence-electron chi connectivity index (χ3n) is 6.35. The number of rotatable bonds is 5. The zero-order chi connectivity index (χ0) is 23.8. The summed E-state index contributed by atoms with van der Waals surface area (Å²) in [7, 11) is 2.09. The molecule has 1 N–H and O–H groups in total. The van der Waals surface area contributed by atoms with E-state index in [1.54, 1.807) is 4.90 Å². The quantitative estimate of drug-likeness (QED) is 0.699. The van der Waals surface area contributed by atoms with E-state index in [-0.39, 0.29) is 29.7 Å². The molecule has 34 heavy (non-hydrogen) atoms. The number of likely N-dealkylation sites (tertiary alicyclic amines) is 1. The Hall–Kier alpha value is -3.10. The standard InChI is InChI=1S/C25H25ClFN3O4/c1-29-6-4-16(5-7-29)18-8-17(26)2-3-22(18)33-13-15-11-30(12-15)25(32)19-9-21-23(10-20(19)27)34-14-24(31)28-21/h2-4,8-10,15H,5-7,11-14H2,1H3,(H,28,31). The van der Waals surface area contributed by atoms with E-state index in [4.69, 9.17) is 21.1 Å². The monoisotopic (exact) mass is 485 g/mol. The van der Waals surface area contributed by atoms with Gasteiger partial charge in [-0.3, -0.25) is 9.59 Å². The number of amides is 2. The number of benzene rings is 2. The van der Waals surface area contributed by atoms with Crippen molar-refractivity contribution >= 4 is 34.7 Å². The van der Waals surface area contributed by atoms with Gasteiger partial charge < -0.3 is 24.6 Å². The summed E-state index contributed by atoms with van der Waals surface area (Å²) < 4.78 is 25.8. The summed E-state index contributed by atoms with van der Waals surface area (Å²) in [6.07, 6.45) is 3.13. The van der Waals surface area contributed by atoms with Crippen LogP contribution >= 0.6 is 11.6 Å². The van der Waals surface area contributed by atoms with E-state index in [0.717, 1.165) is 36.9 Å². The molecule has 0 radical (unpaired) electrons. The number of carbonyl (C=O) groups is 2. The van der Waals surface area contributed by atoms with Crippen LogP contribution in [0.1, 0.15) is 22.3 Å². The first-order valence-corrected chi connectivity index (χ1v) is 11.6. The van der Waals surface area contributed by atoms with Gasteiger partial charge in [0.1, 0.15) is 17.3 Å². The Morgan fingerprint density at radius 3 is 2.88 bits per heavy atom. The first-order chi connectivity index (χ1) is 16.4. The molecule has 0 bridgehead atoms. The Kier molecular flexibility index (Phi) is 6.18. The molecule has 178 valence electrons. The fourth-order valence-corrected chi connectivity index (χ4v) is 4.55. The predicted molar refractivity (Wildman–Crippen MR) is 127 cm³/mol. The molecule has 2 aromatic carbocycles. The Bertz CT molecular complexity index is 1180. The molecule has 7 nitrogen and oxygen atoms in total. The van der Waals surface area contributed by atoms with Gasteiger partial charge in [0.15, 0.2) is 6.61 Å². The lowest BCUT2D eigenvalue weighted by molar-refractivity contribution is -0.118. The lowest BCUT2D eigenvalue weighted by atomic mass is 9.98. The molecule has 1 fully saturated rings. The van der Waals surface area contributed by atoms with E-state index in [9.17, 15) is 14.0 Å². The molecule has 0 saturated carbocycles. The average Bonchev–Trinajstić information content (AvgIpc) is 2.79. The van der Waals surface area contributed by atoms with E-state index < -0.39 is 11.7 Å². The van der Waals surface area contributed by atoms with Crippen LogP contribution < -0.4 is 14.8 Å². The molecule has 3 heterocycles. The highest BCUT2D eigenvalue weighted by molar-refractivity contribution is 6.30. The van der Waals surface area contributed by atoms with Crippen LogP contribution in [0.4, 0.5) is 10.1 Å². The highest BCUT2D eigenvalue weighted by Crippen LogP contribution is 2.34. The third kappa shape index (κ3) is 4.60. The summed E-state index contributed by atoms with van der Waals surface area (Å²) in [6.45, 7) is 3.07. The van der Waals surface area contributed by atoms with E-state index in [1.165, 1.54) is 11.6 Å². The Morgan fingerprint density at radius 2 is 2.12 bits per heavy atom. The highest BCUT2D eigenvalue weighted by atomic mass is 35.5. The van der Waals surface area contributed by atoms with E-state index in [0.29, 0.717) is 30.4 Å². The van der Waals surface area contributed by atoms with Gasteiger partial charge in [0.25, 0.3) is 11.8 Å². The highest BCUT2D eigenvalue weighted by Gasteiger charge is 2.34. The van der Waals surface area contributed by atoms with Crippen molar-refractivity contribution < 1.29 is 23.5 Å². The molecular formula is C25H25ClFN3O4. The molecule has 3 aliphatic rings. The molecule has 0 aromatic heterocycles. The summed E-state index contributed by atoms with van der Waals surface area (Å²) in [5.41, 5.74) is 2.45. The number of nitrogens with one attached hydrogen (secondary N) is 1. The fraction of sp³-hybridized carbons (Fsp3) is 0.360. The number of fused-ring (bicyclic) bond motifs is 1. The number of ether oxygens (including phenoxy) is 2. The zero-order valence-corrected chi connectivity index (χ0v) is 19.5. The molecule has 0 aliphatic carbocycles. The van der Waals surface area contributed by atoms with Crippen molar-refractivity contribution in [1.82, 2.24) is 9.80 Å². The molecule has 0 unspecified atom stereocenters. The molecular weight excluding hydrogens is 461 g/mol. The minimum Gasteiger partial charge on any atom is -0.493 e. The molecule has 9 heteroatoms. The lowest BCUT2D eigenvalue weighted by Crippen LogP contribution is -2.52. The molecule has 2 aromatic rings. The van der Waals surface area contributed by atoms with Gasteiger partial charge in [-0.25, -0.2) is 4.39 Å². The SMILES string of the molecule is CN1CC=C(c2cc(Cl)ccc2OCC2CN(C(=O)c3cc4c(cc3F)OCC(=O)N4)C2)CC1. The number of hydrogen-bond donors (Lipinski definition) is 1. The van der Waals surface area contributed by atoms with E-state index in [1.807, 2.05) is 18.2 Å². The van der Waals surface area contributed by atoms with Crippen molar-refractivity contribution in [3.8, 4) is 11.5 Å². The maximum Gasteiger partial charge on any atom is 0.262 e. The maximum absolute atomic E-state index is 14.5.